The van der Waals surface area contributed by atoms with E-state index in [0.717, 1.165) is 36.1 Å². The van der Waals surface area contributed by atoms with Gasteiger partial charge in [-0.25, -0.2) is 15.0 Å². The van der Waals surface area contributed by atoms with E-state index >= 15 is 0 Å². The molecular formula is C25H23N3O6S2. The molecule has 1 aliphatic rings. The number of esters is 2. The molecular weight excluding hydrogens is 502 g/mol. The van der Waals surface area contributed by atoms with E-state index in [9.17, 15) is 19.2 Å². The number of nitrogens with zero attached hydrogens (tertiary/aromatic N) is 1. The van der Waals surface area contributed by atoms with E-state index in [1.165, 1.54) is 28.9 Å². The number of carbonyl (C=O) groups is 4. The molecule has 11 heteroatoms. The molecule has 0 aliphatic heterocycles. The van der Waals surface area contributed by atoms with E-state index in [4.69, 9.17) is 9.47 Å². The highest BCUT2D eigenvalue weighted by atomic mass is 32.1. The van der Waals surface area contributed by atoms with Gasteiger partial charge in [-0.05, 0) is 79.4 Å². The highest BCUT2D eigenvalue weighted by Crippen LogP contribution is 2.38. The number of anilines is 1. The van der Waals surface area contributed by atoms with E-state index in [1.807, 2.05) is 0 Å². The maximum atomic E-state index is 12.5. The van der Waals surface area contributed by atoms with Crippen molar-refractivity contribution in [2.24, 2.45) is 5.10 Å². The van der Waals surface area contributed by atoms with Gasteiger partial charge in [0, 0.05) is 4.88 Å². The van der Waals surface area contributed by atoms with Crippen LogP contribution in [0.3, 0.4) is 0 Å². The first-order chi connectivity index (χ1) is 17.5. The summed E-state index contributed by atoms with van der Waals surface area (Å²) in [6.45, 7) is 1.93. The molecule has 0 atom stereocenters. The van der Waals surface area contributed by atoms with Crippen LogP contribution in [0, 0.1) is 0 Å². The summed E-state index contributed by atoms with van der Waals surface area (Å²) in [6.07, 6.45) is 4.88. The van der Waals surface area contributed by atoms with Crippen LogP contribution in [0.1, 0.15) is 55.8 Å². The quantitative estimate of drug-likeness (QED) is 0.157. The van der Waals surface area contributed by atoms with Crippen molar-refractivity contribution < 1.29 is 28.7 Å². The van der Waals surface area contributed by atoms with Gasteiger partial charge in [0.1, 0.15) is 15.6 Å². The molecule has 2 amide bonds. The first-order valence-electron chi connectivity index (χ1n) is 11.3. The summed E-state index contributed by atoms with van der Waals surface area (Å²) >= 11 is 2.59. The Bertz CT molecular complexity index is 1300. The molecule has 0 saturated carbocycles. The summed E-state index contributed by atoms with van der Waals surface area (Å²) in [6, 6.07) is 9.93. The normalized spacial score (nSPS) is 12.6. The summed E-state index contributed by atoms with van der Waals surface area (Å²) in [7, 11) is 0. The largest absolute Gasteiger partial charge is 0.462 e. The second-order valence-corrected chi connectivity index (χ2v) is 9.78. The number of amides is 2. The van der Waals surface area contributed by atoms with Crippen LogP contribution < -0.4 is 15.5 Å². The molecule has 0 radical (unpaired) electrons. The average molecular weight is 526 g/mol. The van der Waals surface area contributed by atoms with Crippen LogP contribution in [-0.4, -0.2) is 36.6 Å². The molecule has 0 saturated heterocycles. The van der Waals surface area contributed by atoms with Gasteiger partial charge in [0.15, 0.2) is 0 Å². The molecule has 186 valence electrons. The highest BCUT2D eigenvalue weighted by Gasteiger charge is 2.28. The summed E-state index contributed by atoms with van der Waals surface area (Å²) in [5, 5.41) is 8.45. The van der Waals surface area contributed by atoms with Crippen LogP contribution in [-0.2, 0) is 27.2 Å². The van der Waals surface area contributed by atoms with Crippen molar-refractivity contribution in [3.8, 4) is 5.75 Å². The van der Waals surface area contributed by atoms with Gasteiger partial charge in [-0.3, -0.25) is 9.59 Å². The third-order valence-electron chi connectivity index (χ3n) is 5.28. The lowest BCUT2D eigenvalue weighted by Gasteiger charge is -2.12. The Morgan fingerprint density at radius 2 is 1.81 bits per heavy atom. The zero-order valence-electron chi connectivity index (χ0n) is 19.4. The van der Waals surface area contributed by atoms with E-state index in [-0.39, 0.29) is 6.61 Å². The molecule has 0 spiro atoms. The van der Waals surface area contributed by atoms with Gasteiger partial charge in [0.2, 0.25) is 0 Å². The monoisotopic (exact) mass is 525 g/mol. The lowest BCUT2D eigenvalue weighted by atomic mass is 9.95. The van der Waals surface area contributed by atoms with Crippen molar-refractivity contribution in [3.05, 3.63) is 68.2 Å². The number of nitrogens with one attached hydrogen (secondary N) is 2. The number of rotatable bonds is 7. The van der Waals surface area contributed by atoms with Crippen LogP contribution in [0.4, 0.5) is 5.00 Å². The predicted molar refractivity (Wildman–Crippen MR) is 137 cm³/mol. The number of benzene rings is 1. The minimum absolute atomic E-state index is 0.212. The van der Waals surface area contributed by atoms with Crippen molar-refractivity contribution in [2.75, 3.05) is 11.9 Å². The Hall–Kier alpha value is -3.83. The van der Waals surface area contributed by atoms with Crippen molar-refractivity contribution in [2.45, 2.75) is 32.6 Å². The second-order valence-electron chi connectivity index (χ2n) is 7.72. The fourth-order valence-electron chi connectivity index (χ4n) is 3.62. The van der Waals surface area contributed by atoms with Gasteiger partial charge >= 0.3 is 23.8 Å². The SMILES string of the molecule is CCOC(=O)c1c(NC(=O)C(=O)NN=Cc2ccc(OC(=O)c3cccs3)cc2)sc2c1CCCC2. The first kappa shape index (κ1) is 25.3. The van der Waals surface area contributed by atoms with Crippen LogP contribution in [0.25, 0.3) is 0 Å². The number of ether oxygens (including phenoxy) is 2. The van der Waals surface area contributed by atoms with Crippen LogP contribution in [0.15, 0.2) is 46.9 Å². The number of fused-ring (bicyclic) bond motifs is 1. The maximum Gasteiger partial charge on any atom is 0.353 e. The number of thiophene rings is 2. The zero-order valence-corrected chi connectivity index (χ0v) is 21.0. The van der Waals surface area contributed by atoms with Gasteiger partial charge in [-0.1, -0.05) is 6.07 Å². The minimum atomic E-state index is -0.978. The molecule has 3 aromatic rings. The van der Waals surface area contributed by atoms with Crippen LogP contribution >= 0.6 is 22.7 Å². The summed E-state index contributed by atoms with van der Waals surface area (Å²) in [5.41, 5.74) is 4.01. The van der Waals surface area contributed by atoms with Gasteiger partial charge in [-0.15, -0.1) is 22.7 Å². The number of aryl methyl sites for hydroxylation is 1. The van der Waals surface area contributed by atoms with Crippen molar-refractivity contribution in [3.63, 3.8) is 0 Å². The minimum Gasteiger partial charge on any atom is -0.462 e. The maximum absolute atomic E-state index is 12.5. The van der Waals surface area contributed by atoms with Crippen molar-refractivity contribution in [1.82, 2.24) is 5.43 Å². The Morgan fingerprint density at radius 3 is 2.53 bits per heavy atom. The highest BCUT2D eigenvalue weighted by molar-refractivity contribution is 7.17. The van der Waals surface area contributed by atoms with Crippen LogP contribution in [0.5, 0.6) is 5.75 Å². The number of hydrazone groups is 1. The zero-order chi connectivity index (χ0) is 25.5. The molecule has 2 heterocycles. The van der Waals surface area contributed by atoms with Crippen molar-refractivity contribution in [1.29, 1.82) is 0 Å². The Morgan fingerprint density at radius 1 is 1.03 bits per heavy atom. The number of hydrogen-bond acceptors (Lipinski definition) is 9. The fourth-order valence-corrected chi connectivity index (χ4v) is 5.49. The molecule has 0 unspecified atom stereocenters. The van der Waals surface area contributed by atoms with Crippen molar-refractivity contribution >= 4 is 57.6 Å². The molecule has 1 aliphatic carbocycles. The molecule has 36 heavy (non-hydrogen) atoms. The van der Waals surface area contributed by atoms with E-state index < -0.39 is 23.8 Å². The number of carbonyl (C=O) groups excluding carboxylic acids is 4. The molecule has 0 fully saturated rings. The third kappa shape index (κ3) is 6.04. The molecule has 1 aromatic carbocycles. The topological polar surface area (TPSA) is 123 Å². The van der Waals surface area contributed by atoms with Gasteiger partial charge in [0.05, 0.1) is 18.4 Å². The second kappa shape index (κ2) is 11.7. The van der Waals surface area contributed by atoms with Gasteiger partial charge in [-0.2, -0.15) is 5.10 Å². The van der Waals surface area contributed by atoms with E-state index in [2.05, 4.69) is 15.8 Å². The van der Waals surface area contributed by atoms with Gasteiger partial charge in [0.25, 0.3) is 0 Å². The average Bonchev–Trinajstić information content (AvgIpc) is 3.53. The Balaban J connectivity index is 1.34. The van der Waals surface area contributed by atoms with E-state index in [0.29, 0.717) is 26.8 Å². The molecule has 9 nitrogen and oxygen atoms in total. The smallest absolute Gasteiger partial charge is 0.353 e. The Labute approximate surface area is 215 Å². The molecule has 0 bridgehead atoms. The molecule has 4 rings (SSSR count). The third-order valence-corrected chi connectivity index (χ3v) is 7.33. The first-order valence-corrected chi connectivity index (χ1v) is 13.0. The summed E-state index contributed by atoms with van der Waals surface area (Å²) in [5.74, 6) is -2.50. The Kier molecular flexibility index (Phi) is 8.24. The lowest BCUT2D eigenvalue weighted by Crippen LogP contribution is -2.32. The lowest BCUT2D eigenvalue weighted by molar-refractivity contribution is -0.136. The van der Waals surface area contributed by atoms with Crippen LogP contribution in [0.2, 0.25) is 0 Å². The number of hydrogen-bond donors (Lipinski definition) is 2. The predicted octanol–water partition coefficient (Wildman–Crippen LogP) is 4.17. The summed E-state index contributed by atoms with van der Waals surface area (Å²) < 4.78 is 10.5. The molecule has 2 aromatic heterocycles. The summed E-state index contributed by atoms with van der Waals surface area (Å²) in [4.78, 5) is 50.8. The molecule has 2 N–H and O–H groups in total. The standard InChI is InChI=1S/C25H23N3O6S2/c1-2-33-25(32)20-17-6-3-4-7-18(17)36-23(20)27-21(29)22(30)28-26-14-15-9-11-16(12-10-15)34-24(31)19-8-5-13-35-19/h5,8-14H,2-4,6-7H2,1H3,(H,27,29)(H,28,30). The van der Waals surface area contributed by atoms with E-state index in [1.54, 1.807) is 48.7 Å². The fraction of sp³-hybridized carbons (Fsp3) is 0.240. The van der Waals surface area contributed by atoms with Gasteiger partial charge < -0.3 is 14.8 Å².